The molecule has 1 aromatic heterocycles. The molecular formula is C16H15ClN2O. The van der Waals surface area contributed by atoms with Gasteiger partial charge in [-0.2, -0.15) is 0 Å². The summed E-state index contributed by atoms with van der Waals surface area (Å²) in [5, 5.41) is 4.88. The van der Waals surface area contributed by atoms with Crippen molar-refractivity contribution in [2.75, 3.05) is 6.61 Å². The second kappa shape index (κ2) is 7.46. The Hall–Kier alpha value is -2.13. The van der Waals surface area contributed by atoms with Crippen LogP contribution in [0.4, 0.5) is 0 Å². The first kappa shape index (κ1) is 14.3. The van der Waals surface area contributed by atoms with Crippen LogP contribution >= 0.6 is 11.6 Å². The number of halogens is 1. The molecule has 0 saturated heterocycles. The molecule has 3 nitrogen and oxygen atoms in total. The molecule has 0 aliphatic rings. The Balaban J connectivity index is 2.22. The summed E-state index contributed by atoms with van der Waals surface area (Å²) >= 11 is 5.91. The summed E-state index contributed by atoms with van der Waals surface area (Å²) in [6, 6.07) is 11.4. The van der Waals surface area contributed by atoms with Crippen LogP contribution in [0.25, 0.3) is 0 Å². The molecule has 102 valence electrons. The quantitative estimate of drug-likeness (QED) is 0.349. The van der Waals surface area contributed by atoms with Crippen LogP contribution in [0.3, 0.4) is 0 Å². The number of benzene rings is 1. The molecule has 4 heteroatoms. The molecule has 0 aliphatic heterocycles. The van der Waals surface area contributed by atoms with Gasteiger partial charge in [0.15, 0.2) is 0 Å². The third-order valence-corrected chi connectivity index (χ3v) is 2.89. The van der Waals surface area contributed by atoms with Gasteiger partial charge in [-0.3, -0.25) is 4.98 Å². The zero-order valence-corrected chi connectivity index (χ0v) is 11.8. The first-order chi connectivity index (χ1) is 9.79. The summed E-state index contributed by atoms with van der Waals surface area (Å²) in [7, 11) is 0. The number of aromatic nitrogens is 1. The normalized spacial score (nSPS) is 11.2. The minimum Gasteiger partial charge on any atom is -0.391 e. The third kappa shape index (κ3) is 4.21. The fourth-order valence-corrected chi connectivity index (χ4v) is 1.82. The monoisotopic (exact) mass is 286 g/mol. The van der Waals surface area contributed by atoms with Crippen LogP contribution in [-0.2, 0) is 11.3 Å². The molecule has 0 fully saturated rings. The van der Waals surface area contributed by atoms with Gasteiger partial charge < -0.3 is 4.84 Å². The minimum atomic E-state index is 0.379. The fraction of sp³-hybridized carbons (Fsp3) is 0.125. The molecule has 2 aromatic rings. The Labute approximate surface area is 123 Å². The van der Waals surface area contributed by atoms with Crippen molar-refractivity contribution >= 4 is 17.3 Å². The van der Waals surface area contributed by atoms with Crippen molar-refractivity contribution in [3.8, 4) is 0 Å². The van der Waals surface area contributed by atoms with Crippen molar-refractivity contribution < 1.29 is 4.84 Å². The van der Waals surface area contributed by atoms with E-state index in [1.807, 2.05) is 42.6 Å². The SMILES string of the molecule is C=CCON=C(Cc1cccnc1)c1ccc(Cl)cc1. The van der Waals surface area contributed by atoms with Crippen LogP contribution in [0, 0.1) is 0 Å². The predicted octanol–water partition coefficient (Wildman–Crippen LogP) is 3.88. The lowest BCUT2D eigenvalue weighted by molar-refractivity contribution is 0.174. The Morgan fingerprint density at radius 1 is 1.30 bits per heavy atom. The van der Waals surface area contributed by atoms with Gasteiger partial charge in [0.2, 0.25) is 0 Å². The molecule has 0 spiro atoms. The van der Waals surface area contributed by atoms with E-state index < -0.39 is 0 Å². The zero-order chi connectivity index (χ0) is 14.2. The Kier molecular flexibility index (Phi) is 5.33. The van der Waals surface area contributed by atoms with Crippen molar-refractivity contribution in [2.24, 2.45) is 5.16 Å². The van der Waals surface area contributed by atoms with E-state index in [1.54, 1.807) is 12.3 Å². The van der Waals surface area contributed by atoms with Gasteiger partial charge in [0, 0.05) is 23.8 Å². The standard InChI is InChI=1S/C16H15ClN2O/c1-2-10-20-19-16(11-13-4-3-9-18-12-13)14-5-7-15(17)8-6-14/h2-9,12H,1,10-11H2. The van der Waals surface area contributed by atoms with Gasteiger partial charge in [-0.15, -0.1) is 0 Å². The van der Waals surface area contributed by atoms with E-state index in [-0.39, 0.29) is 0 Å². The Bertz CT molecular complexity index is 579. The first-order valence-corrected chi connectivity index (χ1v) is 6.62. The van der Waals surface area contributed by atoms with Gasteiger partial charge in [0.25, 0.3) is 0 Å². The van der Waals surface area contributed by atoms with Crippen LogP contribution in [0.1, 0.15) is 11.1 Å². The van der Waals surface area contributed by atoms with E-state index in [4.69, 9.17) is 16.4 Å². The van der Waals surface area contributed by atoms with Crippen molar-refractivity contribution in [3.63, 3.8) is 0 Å². The number of oxime groups is 1. The smallest absolute Gasteiger partial charge is 0.135 e. The summed E-state index contributed by atoms with van der Waals surface area (Å²) in [5.74, 6) is 0. The van der Waals surface area contributed by atoms with Gasteiger partial charge in [-0.05, 0) is 29.3 Å². The lowest BCUT2D eigenvalue weighted by Gasteiger charge is -2.07. The molecule has 0 bridgehead atoms. The Morgan fingerprint density at radius 3 is 2.75 bits per heavy atom. The van der Waals surface area contributed by atoms with Crippen LogP contribution in [-0.4, -0.2) is 17.3 Å². The molecule has 0 aliphatic carbocycles. The van der Waals surface area contributed by atoms with Crippen LogP contribution in [0.15, 0.2) is 66.6 Å². The van der Waals surface area contributed by atoms with E-state index >= 15 is 0 Å². The highest BCUT2D eigenvalue weighted by molar-refractivity contribution is 6.30. The second-order valence-corrected chi connectivity index (χ2v) is 4.60. The lowest BCUT2D eigenvalue weighted by atomic mass is 10.0. The van der Waals surface area contributed by atoms with Crippen molar-refractivity contribution in [1.82, 2.24) is 4.98 Å². The molecule has 0 saturated carbocycles. The van der Waals surface area contributed by atoms with E-state index in [2.05, 4.69) is 16.7 Å². The van der Waals surface area contributed by atoms with Crippen molar-refractivity contribution in [2.45, 2.75) is 6.42 Å². The third-order valence-electron chi connectivity index (χ3n) is 2.64. The molecule has 0 amide bonds. The number of nitrogens with zero attached hydrogens (tertiary/aromatic N) is 2. The zero-order valence-electron chi connectivity index (χ0n) is 11.0. The lowest BCUT2D eigenvalue weighted by Crippen LogP contribution is -2.07. The number of hydrogen-bond donors (Lipinski definition) is 0. The highest BCUT2D eigenvalue weighted by atomic mass is 35.5. The summed E-state index contributed by atoms with van der Waals surface area (Å²) in [6.07, 6.45) is 5.87. The maximum atomic E-state index is 5.91. The van der Waals surface area contributed by atoms with Crippen LogP contribution in [0.5, 0.6) is 0 Å². The van der Waals surface area contributed by atoms with Gasteiger partial charge in [-0.25, -0.2) is 0 Å². The van der Waals surface area contributed by atoms with E-state index in [0.29, 0.717) is 18.1 Å². The molecule has 1 heterocycles. The molecule has 20 heavy (non-hydrogen) atoms. The van der Waals surface area contributed by atoms with Gasteiger partial charge >= 0.3 is 0 Å². The second-order valence-electron chi connectivity index (χ2n) is 4.17. The van der Waals surface area contributed by atoms with Gasteiger partial charge in [0.1, 0.15) is 6.61 Å². The topological polar surface area (TPSA) is 34.5 Å². The Morgan fingerprint density at radius 2 is 2.10 bits per heavy atom. The van der Waals surface area contributed by atoms with E-state index in [9.17, 15) is 0 Å². The van der Waals surface area contributed by atoms with E-state index in [0.717, 1.165) is 16.8 Å². The molecule has 1 aromatic carbocycles. The first-order valence-electron chi connectivity index (χ1n) is 6.24. The summed E-state index contributed by atoms with van der Waals surface area (Å²) in [5.41, 5.74) is 2.88. The molecule has 0 N–H and O–H groups in total. The molecule has 0 atom stereocenters. The minimum absolute atomic E-state index is 0.379. The summed E-state index contributed by atoms with van der Waals surface area (Å²) in [6.45, 7) is 3.98. The number of rotatable bonds is 6. The van der Waals surface area contributed by atoms with Crippen molar-refractivity contribution in [3.05, 3.63) is 77.6 Å². The largest absolute Gasteiger partial charge is 0.391 e. The highest BCUT2D eigenvalue weighted by Crippen LogP contribution is 2.13. The van der Waals surface area contributed by atoms with Crippen molar-refractivity contribution in [1.29, 1.82) is 0 Å². The highest BCUT2D eigenvalue weighted by Gasteiger charge is 2.06. The fourth-order valence-electron chi connectivity index (χ4n) is 1.69. The predicted molar refractivity (Wildman–Crippen MR) is 82.1 cm³/mol. The van der Waals surface area contributed by atoms with Crippen LogP contribution in [0.2, 0.25) is 5.02 Å². The maximum absolute atomic E-state index is 5.91. The molecule has 0 unspecified atom stereocenters. The maximum Gasteiger partial charge on any atom is 0.135 e. The van der Waals surface area contributed by atoms with Crippen LogP contribution < -0.4 is 0 Å². The van der Waals surface area contributed by atoms with E-state index in [1.165, 1.54) is 0 Å². The summed E-state index contributed by atoms with van der Waals surface area (Å²) < 4.78 is 0. The summed E-state index contributed by atoms with van der Waals surface area (Å²) in [4.78, 5) is 9.33. The average Bonchev–Trinajstić information content (AvgIpc) is 2.48. The molecular weight excluding hydrogens is 272 g/mol. The molecule has 2 rings (SSSR count). The van der Waals surface area contributed by atoms with Gasteiger partial charge in [-0.1, -0.05) is 47.6 Å². The average molecular weight is 287 g/mol. The number of pyridine rings is 1. The molecule has 0 radical (unpaired) electrons. The van der Waals surface area contributed by atoms with Gasteiger partial charge in [0.05, 0.1) is 5.71 Å². The number of hydrogen-bond acceptors (Lipinski definition) is 3.